The lowest BCUT2D eigenvalue weighted by Gasteiger charge is -2.53. The maximum atomic E-state index is 9.94. The van der Waals surface area contributed by atoms with Gasteiger partial charge in [-0.2, -0.15) is 0 Å². The fourth-order valence-electron chi connectivity index (χ4n) is 3.56. The first-order chi connectivity index (χ1) is 7.83. The van der Waals surface area contributed by atoms with Gasteiger partial charge in [-0.05, 0) is 48.5 Å². The molecule has 2 heteroatoms. The van der Waals surface area contributed by atoms with E-state index < -0.39 is 12.2 Å². The van der Waals surface area contributed by atoms with E-state index in [-0.39, 0.29) is 0 Å². The zero-order chi connectivity index (χ0) is 12.8. The Morgan fingerprint density at radius 1 is 1.18 bits per heavy atom. The molecule has 17 heavy (non-hydrogen) atoms. The average Bonchev–Trinajstić information content (AvgIpc) is 2.26. The Bertz CT molecular complexity index is 343. The van der Waals surface area contributed by atoms with Gasteiger partial charge in [0.2, 0.25) is 0 Å². The highest BCUT2D eigenvalue weighted by Gasteiger charge is 2.48. The molecule has 2 nitrogen and oxygen atoms in total. The Balaban J connectivity index is 2.18. The third-order valence-electron chi connectivity index (χ3n) is 4.79. The van der Waals surface area contributed by atoms with Crippen LogP contribution in [0.25, 0.3) is 0 Å². The van der Waals surface area contributed by atoms with Crippen molar-refractivity contribution in [3.05, 3.63) is 24.3 Å². The predicted molar refractivity (Wildman–Crippen MR) is 69.5 cm³/mol. The first-order valence-corrected chi connectivity index (χ1v) is 6.54. The molecule has 0 aromatic carbocycles. The van der Waals surface area contributed by atoms with Crippen LogP contribution in [-0.4, -0.2) is 22.4 Å². The zero-order valence-corrected chi connectivity index (χ0v) is 10.9. The summed E-state index contributed by atoms with van der Waals surface area (Å²) in [5.41, 5.74) is 2.25. The summed E-state index contributed by atoms with van der Waals surface area (Å²) >= 11 is 0. The van der Waals surface area contributed by atoms with Crippen molar-refractivity contribution in [3.63, 3.8) is 0 Å². The maximum absolute atomic E-state index is 9.94. The van der Waals surface area contributed by atoms with E-state index in [9.17, 15) is 10.2 Å². The summed E-state index contributed by atoms with van der Waals surface area (Å²) in [5, 5.41) is 19.9. The molecule has 0 bridgehead atoms. The van der Waals surface area contributed by atoms with Crippen LogP contribution in [0.3, 0.4) is 0 Å². The van der Waals surface area contributed by atoms with E-state index in [4.69, 9.17) is 0 Å². The standard InChI is InChI=1S/C15H24O2/c1-9-5-6-12-11(8-15(12,3)4)10(2)7-13(16)14(9)17/h11-14,16-17H,1-2,5-8H2,3-4H3/t11-,12-,13-,14-/m1/s1. The summed E-state index contributed by atoms with van der Waals surface area (Å²) in [5.74, 6) is 1.15. The summed E-state index contributed by atoms with van der Waals surface area (Å²) in [4.78, 5) is 0. The van der Waals surface area contributed by atoms with Crippen LogP contribution < -0.4 is 0 Å². The van der Waals surface area contributed by atoms with Crippen molar-refractivity contribution in [2.75, 3.05) is 0 Å². The molecular formula is C15H24O2. The van der Waals surface area contributed by atoms with Gasteiger partial charge in [0.1, 0.15) is 6.10 Å². The van der Waals surface area contributed by atoms with Gasteiger partial charge in [-0.25, -0.2) is 0 Å². The SMILES string of the molecule is C=C1CC[C@@H]2[C@H](CC2(C)C)C(=C)C[C@@H](O)[C@@H]1O. The van der Waals surface area contributed by atoms with E-state index in [2.05, 4.69) is 27.0 Å². The quantitative estimate of drug-likeness (QED) is 0.635. The van der Waals surface area contributed by atoms with E-state index in [1.807, 2.05) is 0 Å². The van der Waals surface area contributed by atoms with Crippen LogP contribution in [0, 0.1) is 17.3 Å². The smallest absolute Gasteiger partial charge is 0.101 e. The number of fused-ring (bicyclic) bond motifs is 1. The van der Waals surface area contributed by atoms with E-state index >= 15 is 0 Å². The van der Waals surface area contributed by atoms with Gasteiger partial charge in [0.25, 0.3) is 0 Å². The van der Waals surface area contributed by atoms with E-state index in [0.717, 1.165) is 30.4 Å². The molecule has 2 N–H and O–H groups in total. The monoisotopic (exact) mass is 236 g/mol. The molecule has 96 valence electrons. The molecule has 0 unspecified atom stereocenters. The number of aliphatic hydroxyl groups excluding tert-OH is 2. The molecule has 4 atom stereocenters. The van der Waals surface area contributed by atoms with Crippen LogP contribution >= 0.6 is 0 Å². The second-order valence-corrected chi connectivity index (χ2v) is 6.48. The molecule has 2 aliphatic rings. The lowest BCUT2D eigenvalue weighted by atomic mass is 9.52. The molecule has 0 heterocycles. The zero-order valence-electron chi connectivity index (χ0n) is 10.9. The number of hydrogen-bond donors (Lipinski definition) is 2. The van der Waals surface area contributed by atoms with Gasteiger partial charge in [0.05, 0.1) is 6.10 Å². The molecule has 0 amide bonds. The Kier molecular flexibility index (Phi) is 3.21. The topological polar surface area (TPSA) is 40.5 Å². The Hall–Kier alpha value is -0.600. The Morgan fingerprint density at radius 2 is 1.82 bits per heavy atom. The number of rotatable bonds is 0. The third kappa shape index (κ3) is 2.21. The first-order valence-electron chi connectivity index (χ1n) is 6.54. The van der Waals surface area contributed by atoms with Crippen LogP contribution in [-0.2, 0) is 0 Å². The molecule has 0 spiro atoms. The largest absolute Gasteiger partial charge is 0.390 e. The van der Waals surface area contributed by atoms with Gasteiger partial charge < -0.3 is 10.2 Å². The lowest BCUT2D eigenvalue weighted by molar-refractivity contribution is 0.000838. The van der Waals surface area contributed by atoms with E-state index in [1.54, 1.807) is 0 Å². The number of aliphatic hydroxyl groups is 2. The van der Waals surface area contributed by atoms with Crippen molar-refractivity contribution < 1.29 is 10.2 Å². The van der Waals surface area contributed by atoms with Crippen molar-refractivity contribution in [1.29, 1.82) is 0 Å². The highest BCUT2D eigenvalue weighted by atomic mass is 16.3. The fraction of sp³-hybridized carbons (Fsp3) is 0.733. The maximum Gasteiger partial charge on any atom is 0.101 e. The highest BCUT2D eigenvalue weighted by Crippen LogP contribution is 2.56. The van der Waals surface area contributed by atoms with Crippen LogP contribution in [0.1, 0.15) is 39.5 Å². The summed E-state index contributed by atoms with van der Waals surface area (Å²) in [7, 11) is 0. The molecule has 0 aromatic heterocycles. The Morgan fingerprint density at radius 3 is 2.41 bits per heavy atom. The van der Waals surface area contributed by atoms with Gasteiger partial charge in [-0.3, -0.25) is 0 Å². The molecule has 0 aromatic rings. The van der Waals surface area contributed by atoms with Crippen LogP contribution in [0.15, 0.2) is 24.3 Å². The molecule has 2 rings (SSSR count). The van der Waals surface area contributed by atoms with E-state index in [1.165, 1.54) is 0 Å². The van der Waals surface area contributed by atoms with Gasteiger partial charge in [0.15, 0.2) is 0 Å². The van der Waals surface area contributed by atoms with Crippen molar-refractivity contribution in [3.8, 4) is 0 Å². The van der Waals surface area contributed by atoms with Gasteiger partial charge in [-0.15, -0.1) is 0 Å². The van der Waals surface area contributed by atoms with Crippen molar-refractivity contribution in [2.24, 2.45) is 17.3 Å². The van der Waals surface area contributed by atoms with E-state index in [0.29, 0.717) is 23.7 Å². The van der Waals surface area contributed by atoms with Crippen LogP contribution in [0.4, 0.5) is 0 Å². The molecule has 2 saturated carbocycles. The summed E-state index contributed by atoms with van der Waals surface area (Å²) < 4.78 is 0. The summed E-state index contributed by atoms with van der Waals surface area (Å²) in [6, 6.07) is 0. The molecule has 2 fully saturated rings. The van der Waals surface area contributed by atoms with Crippen molar-refractivity contribution in [1.82, 2.24) is 0 Å². The minimum atomic E-state index is -0.785. The minimum absolute atomic E-state index is 0.369. The summed E-state index contributed by atoms with van der Waals surface area (Å²) in [6.45, 7) is 12.6. The van der Waals surface area contributed by atoms with Gasteiger partial charge >= 0.3 is 0 Å². The third-order valence-corrected chi connectivity index (χ3v) is 4.79. The number of hydrogen-bond acceptors (Lipinski definition) is 2. The fourth-order valence-corrected chi connectivity index (χ4v) is 3.56. The first kappa shape index (κ1) is 12.8. The highest BCUT2D eigenvalue weighted by molar-refractivity contribution is 5.18. The molecule has 2 aliphatic carbocycles. The predicted octanol–water partition coefficient (Wildman–Crippen LogP) is 2.67. The summed E-state index contributed by atoms with van der Waals surface area (Å²) in [6.07, 6.45) is 2.03. The second-order valence-electron chi connectivity index (χ2n) is 6.48. The average molecular weight is 236 g/mol. The molecule has 0 radical (unpaired) electrons. The van der Waals surface area contributed by atoms with Crippen LogP contribution in [0.2, 0.25) is 0 Å². The van der Waals surface area contributed by atoms with Crippen molar-refractivity contribution in [2.45, 2.75) is 51.7 Å². The molecule has 0 aliphatic heterocycles. The van der Waals surface area contributed by atoms with Crippen LogP contribution in [0.5, 0.6) is 0 Å². The van der Waals surface area contributed by atoms with Crippen molar-refractivity contribution >= 4 is 0 Å². The van der Waals surface area contributed by atoms with Gasteiger partial charge in [-0.1, -0.05) is 32.6 Å². The molecular weight excluding hydrogens is 212 g/mol. The lowest BCUT2D eigenvalue weighted by Crippen LogP contribution is -2.44. The Labute approximate surface area is 104 Å². The molecule has 0 saturated heterocycles. The normalized spacial score (nSPS) is 41.9. The van der Waals surface area contributed by atoms with Gasteiger partial charge in [0, 0.05) is 0 Å². The minimum Gasteiger partial charge on any atom is -0.390 e. The second kappa shape index (κ2) is 4.25.